The van der Waals surface area contributed by atoms with E-state index < -0.39 is 11.2 Å². The van der Waals surface area contributed by atoms with Gasteiger partial charge < -0.3 is 15.1 Å². The van der Waals surface area contributed by atoms with Gasteiger partial charge in [0, 0.05) is 43.0 Å². The van der Waals surface area contributed by atoms with Crippen LogP contribution in [0.5, 0.6) is 0 Å². The van der Waals surface area contributed by atoms with Crippen LogP contribution in [0.2, 0.25) is 0 Å². The standard InChI is InChI=1S/C28H22FN3O5/c1-16(33)31(13-4-14-32-27(35)19-5-2-3-6-20(19)28(32)36)18-9-7-17(8-10-18)24-15-23(34)25-22(30)12-11-21(29)26(25)37-24/h2-3,5-12,15H,4,13-14,30H2,1H3. The molecule has 37 heavy (non-hydrogen) atoms. The Hall–Kier alpha value is -4.79. The zero-order chi connectivity index (χ0) is 26.3. The third-order valence-corrected chi connectivity index (χ3v) is 6.35. The molecule has 8 nitrogen and oxygen atoms in total. The molecule has 0 saturated heterocycles. The van der Waals surface area contributed by atoms with Gasteiger partial charge in [0.1, 0.15) is 5.76 Å². The third kappa shape index (κ3) is 4.24. The second-order valence-electron chi connectivity index (χ2n) is 8.69. The van der Waals surface area contributed by atoms with Crippen molar-refractivity contribution in [1.82, 2.24) is 4.90 Å². The zero-order valence-corrected chi connectivity index (χ0v) is 19.9. The Kier molecular flexibility index (Phi) is 6.04. The van der Waals surface area contributed by atoms with Gasteiger partial charge in [-0.1, -0.05) is 12.1 Å². The van der Waals surface area contributed by atoms with Crippen LogP contribution in [-0.4, -0.2) is 35.7 Å². The maximum atomic E-state index is 14.3. The summed E-state index contributed by atoms with van der Waals surface area (Å²) in [5.41, 5.74) is 7.12. The predicted molar refractivity (Wildman–Crippen MR) is 137 cm³/mol. The zero-order valence-electron chi connectivity index (χ0n) is 19.9. The van der Waals surface area contributed by atoms with Crippen molar-refractivity contribution in [2.75, 3.05) is 23.7 Å². The number of amides is 3. The summed E-state index contributed by atoms with van der Waals surface area (Å²) in [6, 6.07) is 17.0. The van der Waals surface area contributed by atoms with Gasteiger partial charge in [-0.25, -0.2) is 4.39 Å². The summed E-state index contributed by atoms with van der Waals surface area (Å²) in [6.07, 6.45) is 0.382. The average Bonchev–Trinajstić information content (AvgIpc) is 3.13. The summed E-state index contributed by atoms with van der Waals surface area (Å²) in [5.74, 6) is -1.43. The van der Waals surface area contributed by atoms with Crippen LogP contribution in [0, 0.1) is 5.82 Å². The van der Waals surface area contributed by atoms with Crippen molar-refractivity contribution in [2.45, 2.75) is 13.3 Å². The molecule has 3 aromatic carbocycles. The molecule has 0 saturated carbocycles. The summed E-state index contributed by atoms with van der Waals surface area (Å²) in [5, 5.41) is -0.0128. The first-order valence-electron chi connectivity index (χ1n) is 11.6. The highest BCUT2D eigenvalue weighted by molar-refractivity contribution is 6.21. The summed E-state index contributed by atoms with van der Waals surface area (Å²) in [4.78, 5) is 52.8. The Morgan fingerprint density at radius 3 is 2.24 bits per heavy atom. The summed E-state index contributed by atoms with van der Waals surface area (Å²) < 4.78 is 19.9. The first-order valence-corrected chi connectivity index (χ1v) is 11.6. The second-order valence-corrected chi connectivity index (χ2v) is 8.69. The lowest BCUT2D eigenvalue weighted by atomic mass is 10.1. The van der Waals surface area contributed by atoms with Crippen LogP contribution in [0.25, 0.3) is 22.3 Å². The van der Waals surface area contributed by atoms with Crippen molar-refractivity contribution < 1.29 is 23.2 Å². The first kappa shape index (κ1) is 23.9. The molecule has 1 aliphatic rings. The molecule has 4 aromatic rings. The van der Waals surface area contributed by atoms with E-state index in [1.807, 2.05) is 0 Å². The maximum absolute atomic E-state index is 14.3. The molecule has 0 radical (unpaired) electrons. The fourth-order valence-corrected chi connectivity index (χ4v) is 4.50. The molecule has 0 fully saturated rings. The Balaban J connectivity index is 1.32. The monoisotopic (exact) mass is 499 g/mol. The second kappa shape index (κ2) is 9.34. The van der Waals surface area contributed by atoms with Gasteiger partial charge in [-0.2, -0.15) is 0 Å². The van der Waals surface area contributed by atoms with E-state index in [-0.39, 0.29) is 53.2 Å². The number of hydrogen-bond acceptors (Lipinski definition) is 6. The molecular weight excluding hydrogens is 477 g/mol. The van der Waals surface area contributed by atoms with E-state index in [9.17, 15) is 23.6 Å². The van der Waals surface area contributed by atoms with Gasteiger partial charge in [0.2, 0.25) is 5.91 Å². The molecule has 0 spiro atoms. The predicted octanol–water partition coefficient (Wildman–Crippen LogP) is 4.22. The van der Waals surface area contributed by atoms with Crippen molar-refractivity contribution in [1.29, 1.82) is 0 Å². The molecule has 1 aromatic heterocycles. The molecule has 0 atom stereocenters. The lowest BCUT2D eigenvalue weighted by molar-refractivity contribution is -0.116. The molecule has 9 heteroatoms. The molecule has 0 aliphatic carbocycles. The minimum absolute atomic E-state index is 0.0128. The van der Waals surface area contributed by atoms with Gasteiger partial charge in [0.15, 0.2) is 16.8 Å². The number of nitrogens with zero attached hydrogens (tertiary/aromatic N) is 2. The van der Waals surface area contributed by atoms with E-state index in [2.05, 4.69) is 0 Å². The number of anilines is 2. The van der Waals surface area contributed by atoms with Crippen LogP contribution in [0.3, 0.4) is 0 Å². The number of nitrogens with two attached hydrogens (primary N) is 1. The van der Waals surface area contributed by atoms with Crippen LogP contribution in [0.1, 0.15) is 34.1 Å². The maximum Gasteiger partial charge on any atom is 0.261 e. The molecule has 186 valence electrons. The summed E-state index contributed by atoms with van der Waals surface area (Å²) >= 11 is 0. The van der Waals surface area contributed by atoms with Crippen molar-refractivity contribution in [3.05, 3.63) is 93.9 Å². The van der Waals surface area contributed by atoms with Crippen molar-refractivity contribution in [3.63, 3.8) is 0 Å². The lowest BCUT2D eigenvalue weighted by Crippen LogP contribution is -2.35. The first-order chi connectivity index (χ1) is 17.8. The van der Waals surface area contributed by atoms with Crippen molar-refractivity contribution in [3.8, 4) is 11.3 Å². The Bertz CT molecular complexity index is 1590. The third-order valence-electron chi connectivity index (χ3n) is 6.35. The van der Waals surface area contributed by atoms with Crippen LogP contribution in [0.15, 0.2) is 75.9 Å². The lowest BCUT2D eigenvalue weighted by Gasteiger charge is -2.23. The molecule has 5 rings (SSSR count). The van der Waals surface area contributed by atoms with Crippen LogP contribution in [0.4, 0.5) is 15.8 Å². The Morgan fingerprint density at radius 1 is 0.973 bits per heavy atom. The van der Waals surface area contributed by atoms with Crippen LogP contribution < -0.4 is 16.1 Å². The number of fused-ring (bicyclic) bond motifs is 2. The number of benzene rings is 3. The van der Waals surface area contributed by atoms with Crippen LogP contribution in [-0.2, 0) is 4.79 Å². The summed E-state index contributed by atoms with van der Waals surface area (Å²) in [7, 11) is 0. The van der Waals surface area contributed by atoms with E-state index >= 15 is 0 Å². The molecular formula is C28H22FN3O5. The summed E-state index contributed by atoms with van der Waals surface area (Å²) in [6.45, 7) is 1.87. The number of halogens is 1. The van der Waals surface area contributed by atoms with Gasteiger partial charge in [-0.05, 0) is 55.0 Å². The van der Waals surface area contributed by atoms with E-state index in [0.717, 1.165) is 6.07 Å². The van der Waals surface area contributed by atoms with Gasteiger partial charge in [-0.3, -0.25) is 24.1 Å². The molecule has 2 heterocycles. The number of carbonyl (C=O) groups is 3. The van der Waals surface area contributed by atoms with Crippen molar-refractivity contribution >= 4 is 40.1 Å². The van der Waals surface area contributed by atoms with Gasteiger partial charge in [-0.15, -0.1) is 0 Å². The smallest absolute Gasteiger partial charge is 0.261 e. The highest BCUT2D eigenvalue weighted by Gasteiger charge is 2.34. The number of rotatable bonds is 6. The molecule has 3 amide bonds. The topological polar surface area (TPSA) is 114 Å². The number of carbonyl (C=O) groups excluding carboxylic acids is 3. The van der Waals surface area contributed by atoms with E-state index in [0.29, 0.717) is 28.8 Å². The van der Waals surface area contributed by atoms with E-state index in [1.165, 1.54) is 28.9 Å². The van der Waals surface area contributed by atoms with Gasteiger partial charge in [0.25, 0.3) is 11.8 Å². The van der Waals surface area contributed by atoms with E-state index in [1.54, 1.807) is 48.5 Å². The van der Waals surface area contributed by atoms with Gasteiger partial charge in [0.05, 0.1) is 16.5 Å². The average molecular weight is 499 g/mol. The number of nitrogen functional groups attached to an aromatic ring is 1. The van der Waals surface area contributed by atoms with Crippen molar-refractivity contribution in [2.24, 2.45) is 0 Å². The molecule has 1 aliphatic heterocycles. The quantitative estimate of drug-likeness (QED) is 0.314. The SMILES string of the molecule is CC(=O)N(CCCN1C(=O)c2ccccc2C1=O)c1ccc(-c2cc(=O)c3c(N)ccc(F)c3o2)cc1. The molecule has 0 bridgehead atoms. The van der Waals surface area contributed by atoms with Gasteiger partial charge >= 0.3 is 0 Å². The Morgan fingerprint density at radius 2 is 1.62 bits per heavy atom. The minimum atomic E-state index is -0.694. The van der Waals surface area contributed by atoms with E-state index in [4.69, 9.17) is 10.2 Å². The number of imide groups is 1. The minimum Gasteiger partial charge on any atom is -0.453 e. The largest absolute Gasteiger partial charge is 0.453 e. The van der Waals surface area contributed by atoms with Crippen LogP contribution >= 0.6 is 0 Å². The Labute approximate surface area is 210 Å². The highest BCUT2D eigenvalue weighted by Crippen LogP contribution is 2.28. The molecule has 0 unspecified atom stereocenters. The number of hydrogen-bond donors (Lipinski definition) is 1. The molecule has 2 N–H and O–H groups in total. The highest BCUT2D eigenvalue weighted by atomic mass is 19.1. The fourth-order valence-electron chi connectivity index (χ4n) is 4.50. The fraction of sp³-hybridized carbons (Fsp3) is 0.143. The normalized spacial score (nSPS) is 12.8.